The molecule has 3 nitrogen and oxygen atoms in total. The smallest absolute Gasteiger partial charge is 0.389 e. The third-order valence-electron chi connectivity index (χ3n) is 2.17. The zero-order valence-electron chi connectivity index (χ0n) is 9.97. The Morgan fingerprint density at radius 1 is 1.33 bits per heavy atom. The maximum atomic E-state index is 12.5. The number of nitrogens with one attached hydrogen (secondary N) is 1. The van der Waals surface area contributed by atoms with Crippen molar-refractivity contribution in [2.24, 2.45) is 0 Å². The Morgan fingerprint density at radius 3 is 2.39 bits per heavy atom. The molecule has 0 heterocycles. The van der Waals surface area contributed by atoms with Gasteiger partial charge in [-0.1, -0.05) is 0 Å². The molecule has 0 bridgehead atoms. The Morgan fingerprint density at radius 2 is 1.94 bits per heavy atom. The van der Waals surface area contributed by atoms with Crippen molar-refractivity contribution in [1.29, 1.82) is 5.26 Å². The number of nitriles is 1. The number of benzene rings is 1. The highest BCUT2D eigenvalue weighted by Crippen LogP contribution is 2.33. The van der Waals surface area contributed by atoms with Crippen LogP contribution in [0.5, 0.6) is 0 Å². The average molecular weight is 258 g/mol. The maximum Gasteiger partial charge on any atom is 0.417 e. The van der Waals surface area contributed by atoms with Crippen LogP contribution in [0, 0.1) is 11.3 Å². The summed E-state index contributed by atoms with van der Waals surface area (Å²) in [5, 5.41) is 21.0. The summed E-state index contributed by atoms with van der Waals surface area (Å²) in [6.45, 7) is 3.30. The number of nitrogens with zero attached hydrogens (tertiary/aromatic N) is 1. The zero-order chi connectivity index (χ0) is 14.0. The van der Waals surface area contributed by atoms with Crippen molar-refractivity contribution in [2.75, 3.05) is 11.9 Å². The van der Waals surface area contributed by atoms with Crippen LogP contribution in [0.1, 0.15) is 25.0 Å². The second-order valence-corrected chi connectivity index (χ2v) is 4.54. The Hall–Kier alpha value is -1.74. The van der Waals surface area contributed by atoms with E-state index in [0.717, 1.165) is 12.1 Å². The fourth-order valence-electron chi connectivity index (χ4n) is 1.31. The Balaban J connectivity index is 2.97. The molecule has 2 N–H and O–H groups in total. The molecule has 0 spiro atoms. The lowest BCUT2D eigenvalue weighted by molar-refractivity contribution is -0.137. The van der Waals surface area contributed by atoms with Crippen LogP contribution in [0.25, 0.3) is 0 Å². The third kappa shape index (κ3) is 3.93. The quantitative estimate of drug-likeness (QED) is 0.876. The van der Waals surface area contributed by atoms with E-state index in [1.54, 1.807) is 13.8 Å². The number of alkyl halides is 3. The average Bonchev–Trinajstić information content (AvgIpc) is 2.23. The summed E-state index contributed by atoms with van der Waals surface area (Å²) < 4.78 is 37.6. The molecule has 0 unspecified atom stereocenters. The van der Waals surface area contributed by atoms with Gasteiger partial charge >= 0.3 is 6.18 Å². The highest BCUT2D eigenvalue weighted by molar-refractivity contribution is 5.53. The van der Waals surface area contributed by atoms with E-state index in [0.29, 0.717) is 5.69 Å². The molecule has 0 aromatic heterocycles. The van der Waals surface area contributed by atoms with Gasteiger partial charge in [0, 0.05) is 12.2 Å². The highest BCUT2D eigenvalue weighted by Gasteiger charge is 2.33. The molecular formula is C12H13F3N2O. The van der Waals surface area contributed by atoms with Crippen LogP contribution in [-0.4, -0.2) is 17.3 Å². The fraction of sp³-hybridized carbons (Fsp3) is 0.417. The lowest BCUT2D eigenvalue weighted by Crippen LogP contribution is -2.29. The minimum Gasteiger partial charge on any atom is -0.389 e. The van der Waals surface area contributed by atoms with Gasteiger partial charge < -0.3 is 10.4 Å². The molecule has 0 saturated heterocycles. The van der Waals surface area contributed by atoms with Crippen LogP contribution in [0.15, 0.2) is 18.2 Å². The van der Waals surface area contributed by atoms with Crippen molar-refractivity contribution in [3.8, 4) is 6.07 Å². The molecule has 0 radical (unpaired) electrons. The summed E-state index contributed by atoms with van der Waals surface area (Å²) in [4.78, 5) is 0. The number of hydrogen-bond acceptors (Lipinski definition) is 3. The lowest BCUT2D eigenvalue weighted by atomic mass is 10.1. The first-order chi connectivity index (χ1) is 8.13. The number of aliphatic hydroxyl groups is 1. The minimum absolute atomic E-state index is 0.170. The summed E-state index contributed by atoms with van der Waals surface area (Å²) in [5.41, 5.74) is -2.03. The lowest BCUT2D eigenvalue weighted by Gasteiger charge is -2.19. The van der Waals surface area contributed by atoms with Crippen LogP contribution >= 0.6 is 0 Å². The zero-order valence-corrected chi connectivity index (χ0v) is 9.97. The van der Waals surface area contributed by atoms with E-state index in [1.165, 1.54) is 12.1 Å². The van der Waals surface area contributed by atoms with E-state index in [2.05, 4.69) is 5.32 Å². The minimum atomic E-state index is -4.54. The van der Waals surface area contributed by atoms with Crippen molar-refractivity contribution in [1.82, 2.24) is 0 Å². The molecule has 1 aromatic rings. The van der Waals surface area contributed by atoms with E-state index < -0.39 is 22.9 Å². The Bertz CT molecular complexity index is 470. The number of rotatable bonds is 3. The molecule has 98 valence electrons. The van der Waals surface area contributed by atoms with Crippen molar-refractivity contribution >= 4 is 5.69 Å². The van der Waals surface area contributed by atoms with Gasteiger partial charge in [0.2, 0.25) is 0 Å². The number of halogens is 3. The molecule has 0 aliphatic rings. The Kier molecular flexibility index (Phi) is 3.87. The SMILES string of the molecule is CC(C)(O)CNc1ccc(C(F)(F)F)c(C#N)c1. The van der Waals surface area contributed by atoms with Gasteiger partial charge in [-0.25, -0.2) is 0 Å². The number of hydrogen-bond donors (Lipinski definition) is 2. The molecule has 0 aliphatic carbocycles. The van der Waals surface area contributed by atoms with Crippen molar-refractivity contribution in [3.63, 3.8) is 0 Å². The largest absolute Gasteiger partial charge is 0.417 e. The van der Waals surface area contributed by atoms with Gasteiger partial charge in [-0.2, -0.15) is 18.4 Å². The molecule has 0 saturated carbocycles. The molecule has 18 heavy (non-hydrogen) atoms. The van der Waals surface area contributed by atoms with E-state index in [1.807, 2.05) is 0 Å². The molecule has 0 fully saturated rings. The standard InChI is InChI=1S/C12H13F3N2O/c1-11(2,18)7-17-9-3-4-10(12(13,14)15)8(5-9)6-16/h3-5,17-18H,7H2,1-2H3. The van der Waals surface area contributed by atoms with Crippen LogP contribution in [0.4, 0.5) is 18.9 Å². The first kappa shape index (κ1) is 14.3. The van der Waals surface area contributed by atoms with Crippen LogP contribution in [-0.2, 0) is 6.18 Å². The van der Waals surface area contributed by atoms with Gasteiger partial charge in [0.25, 0.3) is 0 Å². The Labute approximate surface area is 103 Å². The summed E-state index contributed by atoms with van der Waals surface area (Å²) in [6.07, 6.45) is -4.54. The molecule has 1 aromatic carbocycles. The molecule has 0 aliphatic heterocycles. The summed E-state index contributed by atoms with van der Waals surface area (Å²) in [5.74, 6) is 0. The topological polar surface area (TPSA) is 56.0 Å². The van der Waals surface area contributed by atoms with Crippen molar-refractivity contribution in [2.45, 2.75) is 25.6 Å². The van der Waals surface area contributed by atoms with Gasteiger partial charge in [-0.05, 0) is 32.0 Å². The summed E-state index contributed by atoms with van der Waals surface area (Å²) in [6, 6.07) is 4.72. The van der Waals surface area contributed by atoms with Crippen LogP contribution in [0.3, 0.4) is 0 Å². The van der Waals surface area contributed by atoms with Gasteiger partial charge in [-0.15, -0.1) is 0 Å². The van der Waals surface area contributed by atoms with Gasteiger partial charge in [0.15, 0.2) is 0 Å². The first-order valence-corrected chi connectivity index (χ1v) is 5.21. The van der Waals surface area contributed by atoms with E-state index in [-0.39, 0.29) is 6.54 Å². The summed E-state index contributed by atoms with van der Waals surface area (Å²) in [7, 11) is 0. The first-order valence-electron chi connectivity index (χ1n) is 5.21. The van der Waals surface area contributed by atoms with Gasteiger partial charge in [0.1, 0.15) is 0 Å². The third-order valence-corrected chi connectivity index (χ3v) is 2.17. The van der Waals surface area contributed by atoms with Gasteiger partial charge in [-0.3, -0.25) is 0 Å². The molecule has 0 atom stereocenters. The molecule has 1 rings (SSSR count). The summed E-state index contributed by atoms with van der Waals surface area (Å²) >= 11 is 0. The maximum absolute atomic E-state index is 12.5. The predicted molar refractivity (Wildman–Crippen MR) is 60.9 cm³/mol. The van der Waals surface area contributed by atoms with Crippen LogP contribution in [0.2, 0.25) is 0 Å². The molecule has 6 heteroatoms. The van der Waals surface area contributed by atoms with Crippen LogP contribution < -0.4 is 5.32 Å². The predicted octanol–water partition coefficient (Wildman–Crippen LogP) is 2.76. The van der Waals surface area contributed by atoms with E-state index in [4.69, 9.17) is 5.26 Å². The van der Waals surface area contributed by atoms with Gasteiger partial charge in [0.05, 0.1) is 22.8 Å². The van der Waals surface area contributed by atoms with E-state index in [9.17, 15) is 18.3 Å². The normalized spacial score (nSPS) is 12.1. The van der Waals surface area contributed by atoms with Crippen molar-refractivity contribution < 1.29 is 18.3 Å². The molecular weight excluding hydrogens is 245 g/mol. The molecule has 0 amide bonds. The highest BCUT2D eigenvalue weighted by atomic mass is 19.4. The fourth-order valence-corrected chi connectivity index (χ4v) is 1.31. The second-order valence-electron chi connectivity index (χ2n) is 4.54. The number of anilines is 1. The second kappa shape index (κ2) is 4.86. The van der Waals surface area contributed by atoms with E-state index >= 15 is 0 Å². The van der Waals surface area contributed by atoms with Crippen molar-refractivity contribution in [3.05, 3.63) is 29.3 Å². The monoisotopic (exact) mass is 258 g/mol.